The number of rotatable bonds is 5. The number of nitrogens with zero attached hydrogens (tertiary/aromatic N) is 5. The van der Waals surface area contributed by atoms with Crippen LogP contribution in [-0.2, 0) is 6.42 Å². The van der Waals surface area contributed by atoms with E-state index in [0.717, 1.165) is 31.8 Å². The van der Waals surface area contributed by atoms with Crippen molar-refractivity contribution < 1.29 is 4.79 Å². The van der Waals surface area contributed by atoms with Crippen LogP contribution in [0.15, 0.2) is 90.3 Å². The molecule has 156 valence electrons. The van der Waals surface area contributed by atoms with Crippen LogP contribution in [0.3, 0.4) is 0 Å². The number of hydrogen-bond acceptors (Lipinski definition) is 7. The van der Waals surface area contributed by atoms with Crippen LogP contribution in [0.2, 0.25) is 0 Å². The Bertz CT molecular complexity index is 1370. The number of aromatic nitrogens is 4. The van der Waals surface area contributed by atoms with Gasteiger partial charge >= 0.3 is 0 Å². The number of benzene rings is 2. The fraction of sp³-hybridized carbons (Fsp3) is 0.0833. The Morgan fingerprint density at radius 3 is 2.53 bits per heavy atom. The zero-order valence-corrected chi connectivity index (χ0v) is 18.5. The minimum Gasteiger partial charge on any atom is -0.273 e. The molecule has 0 radical (unpaired) electrons. The van der Waals surface area contributed by atoms with Gasteiger partial charge in [0.1, 0.15) is 5.00 Å². The fourth-order valence-corrected chi connectivity index (χ4v) is 6.19. The molecule has 0 aliphatic carbocycles. The average Bonchev–Trinajstić information content (AvgIpc) is 3.51. The van der Waals surface area contributed by atoms with E-state index < -0.39 is 0 Å². The Morgan fingerprint density at radius 2 is 1.69 bits per heavy atom. The number of imidazole rings is 1. The van der Waals surface area contributed by atoms with E-state index in [0.29, 0.717) is 12.4 Å². The summed E-state index contributed by atoms with van der Waals surface area (Å²) in [6, 6.07) is 23.8. The molecule has 0 N–H and O–H groups in total. The van der Waals surface area contributed by atoms with Crippen LogP contribution in [0.4, 0.5) is 16.6 Å². The highest BCUT2D eigenvalue weighted by atomic mass is 32.2. The van der Waals surface area contributed by atoms with Crippen molar-refractivity contribution in [1.82, 2.24) is 19.5 Å². The van der Waals surface area contributed by atoms with Crippen molar-refractivity contribution in [3.63, 3.8) is 0 Å². The number of carbonyl (C=O) groups is 1. The molecule has 0 spiro atoms. The summed E-state index contributed by atoms with van der Waals surface area (Å²) >= 11 is 3.20. The van der Waals surface area contributed by atoms with Gasteiger partial charge in [0.15, 0.2) is 5.16 Å². The second kappa shape index (κ2) is 7.89. The third-order valence-electron chi connectivity index (χ3n) is 5.29. The summed E-state index contributed by atoms with van der Waals surface area (Å²) in [4.78, 5) is 29.9. The van der Waals surface area contributed by atoms with Gasteiger partial charge in [0.25, 0.3) is 0 Å². The van der Waals surface area contributed by atoms with Crippen LogP contribution in [0, 0.1) is 0 Å². The number of thioether (sulfide) groups is 1. The van der Waals surface area contributed by atoms with E-state index >= 15 is 0 Å². The molecule has 0 fully saturated rings. The van der Waals surface area contributed by atoms with E-state index in [1.807, 2.05) is 65.6 Å². The molecule has 1 unspecified atom stereocenters. The van der Waals surface area contributed by atoms with Gasteiger partial charge < -0.3 is 0 Å². The van der Waals surface area contributed by atoms with Gasteiger partial charge in [-0.2, -0.15) is 0 Å². The molecule has 6 nitrogen and oxygen atoms in total. The lowest BCUT2D eigenvalue weighted by Crippen LogP contribution is -2.19. The van der Waals surface area contributed by atoms with E-state index in [-0.39, 0.29) is 11.2 Å². The highest BCUT2D eigenvalue weighted by molar-refractivity contribution is 8.00. The van der Waals surface area contributed by atoms with Crippen LogP contribution >= 0.6 is 23.1 Å². The molecule has 1 aliphatic rings. The van der Waals surface area contributed by atoms with Gasteiger partial charge in [-0.3, -0.25) is 14.3 Å². The summed E-state index contributed by atoms with van der Waals surface area (Å²) in [6.07, 6.45) is 4.14. The first kappa shape index (κ1) is 19.2. The van der Waals surface area contributed by atoms with Gasteiger partial charge in [0.2, 0.25) is 11.9 Å². The summed E-state index contributed by atoms with van der Waals surface area (Å²) in [5.41, 5.74) is 2.73. The molecule has 32 heavy (non-hydrogen) atoms. The van der Waals surface area contributed by atoms with Crippen molar-refractivity contribution in [2.45, 2.75) is 16.8 Å². The molecule has 0 saturated carbocycles. The lowest BCUT2D eigenvalue weighted by Gasteiger charge is -2.20. The highest BCUT2D eigenvalue weighted by Gasteiger charge is 2.34. The van der Waals surface area contributed by atoms with Crippen LogP contribution in [0.5, 0.6) is 0 Å². The molecule has 0 amide bonds. The Morgan fingerprint density at radius 1 is 0.906 bits per heavy atom. The SMILES string of the molecule is O=C1C(Cc2ccc(N(c3ccccc3)c3ncccn3)s2)Sc2nc3ccccc3n21. The number of hydrogen-bond donors (Lipinski definition) is 0. The second-order valence-electron chi connectivity index (χ2n) is 7.33. The van der Waals surface area contributed by atoms with Crippen LogP contribution in [0.25, 0.3) is 11.0 Å². The van der Waals surface area contributed by atoms with Gasteiger partial charge in [0, 0.05) is 29.4 Å². The number of fused-ring (bicyclic) bond motifs is 3. The lowest BCUT2D eigenvalue weighted by atomic mass is 10.2. The molecular formula is C24H17N5OS2. The Kier molecular flexibility index (Phi) is 4.74. The van der Waals surface area contributed by atoms with Crippen molar-refractivity contribution >= 4 is 56.7 Å². The number of para-hydroxylation sites is 3. The number of anilines is 3. The highest BCUT2D eigenvalue weighted by Crippen LogP contribution is 2.40. The summed E-state index contributed by atoms with van der Waals surface area (Å²) in [5, 5.41) is 1.62. The third kappa shape index (κ3) is 3.28. The molecule has 0 bridgehead atoms. The van der Waals surface area contributed by atoms with Crippen molar-refractivity contribution in [3.8, 4) is 0 Å². The first-order chi connectivity index (χ1) is 15.8. The monoisotopic (exact) mass is 455 g/mol. The first-order valence-electron chi connectivity index (χ1n) is 10.2. The average molecular weight is 456 g/mol. The topological polar surface area (TPSA) is 63.9 Å². The minimum absolute atomic E-state index is 0.0972. The summed E-state index contributed by atoms with van der Waals surface area (Å²) in [6.45, 7) is 0. The largest absolute Gasteiger partial charge is 0.273 e. The maximum atomic E-state index is 13.1. The molecule has 5 aromatic rings. The smallest absolute Gasteiger partial charge is 0.247 e. The predicted octanol–water partition coefficient (Wildman–Crippen LogP) is 5.71. The standard InChI is InChI=1S/C24H17N5OS2/c30-22-20(32-24-27-18-9-4-5-10-19(18)29(22)24)15-17-11-12-21(31-17)28(16-7-2-1-3-8-16)23-25-13-6-14-26-23/h1-14,20H,15H2. The predicted molar refractivity (Wildman–Crippen MR) is 128 cm³/mol. The summed E-state index contributed by atoms with van der Waals surface area (Å²) in [5.74, 6) is 0.713. The zero-order valence-electron chi connectivity index (χ0n) is 16.8. The van der Waals surface area contributed by atoms with Gasteiger partial charge in [0.05, 0.1) is 16.3 Å². The van der Waals surface area contributed by atoms with E-state index in [2.05, 4.69) is 27.1 Å². The number of thiophene rings is 1. The quantitative estimate of drug-likeness (QED) is 0.338. The van der Waals surface area contributed by atoms with Gasteiger partial charge in [-0.1, -0.05) is 42.1 Å². The zero-order chi connectivity index (χ0) is 21.5. The second-order valence-corrected chi connectivity index (χ2v) is 9.64. The molecule has 4 heterocycles. The Labute approximate surface area is 192 Å². The Balaban J connectivity index is 1.29. The lowest BCUT2D eigenvalue weighted by molar-refractivity contribution is 0.0915. The van der Waals surface area contributed by atoms with Gasteiger partial charge in [-0.05, 0) is 42.5 Å². The first-order valence-corrected chi connectivity index (χ1v) is 11.9. The summed E-state index contributed by atoms with van der Waals surface area (Å²) in [7, 11) is 0. The molecule has 6 rings (SSSR count). The van der Waals surface area contributed by atoms with E-state index in [4.69, 9.17) is 0 Å². The molecule has 8 heteroatoms. The van der Waals surface area contributed by atoms with Crippen molar-refractivity contribution in [3.05, 3.63) is 90.1 Å². The molecule has 1 aliphatic heterocycles. The molecular weight excluding hydrogens is 438 g/mol. The molecule has 3 aromatic heterocycles. The van der Waals surface area contributed by atoms with Crippen LogP contribution < -0.4 is 4.90 Å². The van der Waals surface area contributed by atoms with E-state index in [1.54, 1.807) is 40.1 Å². The van der Waals surface area contributed by atoms with Crippen molar-refractivity contribution in [1.29, 1.82) is 0 Å². The summed E-state index contributed by atoms with van der Waals surface area (Å²) < 4.78 is 1.76. The molecule has 0 saturated heterocycles. The maximum Gasteiger partial charge on any atom is 0.247 e. The van der Waals surface area contributed by atoms with Crippen LogP contribution in [0.1, 0.15) is 9.67 Å². The van der Waals surface area contributed by atoms with Gasteiger partial charge in [-0.15, -0.1) is 11.3 Å². The molecule has 2 aromatic carbocycles. The van der Waals surface area contributed by atoms with Crippen molar-refractivity contribution in [2.75, 3.05) is 4.90 Å². The van der Waals surface area contributed by atoms with Crippen molar-refractivity contribution in [2.24, 2.45) is 0 Å². The van der Waals surface area contributed by atoms with E-state index in [1.165, 1.54) is 0 Å². The van der Waals surface area contributed by atoms with Crippen LogP contribution in [-0.4, -0.2) is 30.7 Å². The molecule has 1 atom stereocenters. The Hall–Kier alpha value is -3.49. The van der Waals surface area contributed by atoms with Gasteiger partial charge in [-0.25, -0.2) is 15.0 Å². The minimum atomic E-state index is -0.174. The third-order valence-corrected chi connectivity index (χ3v) is 7.52. The fourth-order valence-electron chi connectivity index (χ4n) is 3.85. The maximum absolute atomic E-state index is 13.1. The normalized spacial score (nSPS) is 15.2. The number of carbonyl (C=O) groups excluding carboxylic acids is 1. The van der Waals surface area contributed by atoms with E-state index in [9.17, 15) is 4.79 Å².